The van der Waals surface area contributed by atoms with E-state index in [2.05, 4.69) is 19.2 Å². The topological polar surface area (TPSA) is 121 Å². The van der Waals surface area contributed by atoms with Crippen LogP contribution in [0.15, 0.2) is 65.6 Å². The highest BCUT2D eigenvalue weighted by atomic mass is 16.6. The molecule has 0 radical (unpaired) electrons. The summed E-state index contributed by atoms with van der Waals surface area (Å²) in [6.07, 6.45) is 5.96. The van der Waals surface area contributed by atoms with E-state index in [0.29, 0.717) is 12.3 Å². The van der Waals surface area contributed by atoms with Crippen molar-refractivity contribution in [3.05, 3.63) is 82.3 Å². The number of hydrogen-bond acceptors (Lipinski definition) is 7. The van der Waals surface area contributed by atoms with E-state index in [1.54, 1.807) is 39.0 Å². The summed E-state index contributed by atoms with van der Waals surface area (Å²) >= 11 is 0. The number of carbonyl (C=O) groups is 4. The molecule has 0 saturated carbocycles. The standard InChI is InChI=1S/C33H44N2O7/c1-24(2)13-11-17-27(36)22-35-20-12-16-26(31(35)39)21-29(37)28(34-32(40)42-33(3,4)5)18-9-10-19-30(38)41-23-25-14-7-6-8-15-25/h6-8,10,12,14-16,19-20,24,28H,9,11,13,17-18,21-23H2,1-5H3,(H,34,40)/b19-10+/t28-/m0/s1. The number of hydrogen-bond donors (Lipinski definition) is 1. The molecule has 42 heavy (non-hydrogen) atoms. The lowest BCUT2D eigenvalue weighted by Crippen LogP contribution is -2.44. The zero-order chi connectivity index (χ0) is 31.1. The molecule has 1 aromatic carbocycles. The van der Waals surface area contributed by atoms with Gasteiger partial charge in [0, 0.05) is 30.7 Å². The van der Waals surface area contributed by atoms with E-state index in [4.69, 9.17) is 9.47 Å². The molecule has 1 aromatic heterocycles. The third kappa shape index (κ3) is 13.6. The molecule has 0 aliphatic carbocycles. The molecule has 1 atom stereocenters. The summed E-state index contributed by atoms with van der Waals surface area (Å²) in [4.78, 5) is 63.3. The molecule has 9 nitrogen and oxygen atoms in total. The van der Waals surface area contributed by atoms with Gasteiger partial charge in [-0.1, -0.05) is 62.7 Å². The average Bonchev–Trinajstić information content (AvgIpc) is 2.90. The maximum atomic E-state index is 13.3. The molecule has 1 amide bonds. The second-order valence-electron chi connectivity index (χ2n) is 11.7. The fourth-order valence-electron chi connectivity index (χ4n) is 4.12. The molecule has 0 spiro atoms. The van der Waals surface area contributed by atoms with Gasteiger partial charge in [0.1, 0.15) is 12.2 Å². The Bertz CT molecular complexity index is 1270. The molecule has 2 aromatic rings. The number of aromatic nitrogens is 1. The molecule has 0 aliphatic heterocycles. The van der Waals surface area contributed by atoms with Gasteiger partial charge in [0.2, 0.25) is 0 Å². The van der Waals surface area contributed by atoms with Crippen molar-refractivity contribution in [2.45, 2.75) is 97.9 Å². The van der Waals surface area contributed by atoms with Gasteiger partial charge in [0.25, 0.3) is 5.56 Å². The minimum atomic E-state index is -0.962. The quantitative estimate of drug-likeness (QED) is 0.210. The smallest absolute Gasteiger partial charge is 0.408 e. The molecule has 0 fully saturated rings. The van der Waals surface area contributed by atoms with Gasteiger partial charge in [-0.2, -0.15) is 0 Å². The predicted octanol–water partition coefficient (Wildman–Crippen LogP) is 5.33. The zero-order valence-corrected chi connectivity index (χ0v) is 25.4. The summed E-state index contributed by atoms with van der Waals surface area (Å²) in [7, 11) is 0. The van der Waals surface area contributed by atoms with Crippen molar-refractivity contribution in [1.82, 2.24) is 9.88 Å². The summed E-state index contributed by atoms with van der Waals surface area (Å²) in [6.45, 7) is 9.42. The minimum absolute atomic E-state index is 0.0419. The second kappa shape index (κ2) is 17.1. The number of benzene rings is 1. The van der Waals surface area contributed by atoms with Crippen molar-refractivity contribution in [2.75, 3.05) is 0 Å². The lowest BCUT2D eigenvalue weighted by Gasteiger charge is -2.23. The summed E-state index contributed by atoms with van der Waals surface area (Å²) in [5.41, 5.74) is -0.0924. The van der Waals surface area contributed by atoms with E-state index in [-0.39, 0.29) is 49.5 Å². The summed E-state index contributed by atoms with van der Waals surface area (Å²) in [5.74, 6) is -0.453. The van der Waals surface area contributed by atoms with Crippen LogP contribution in [0.5, 0.6) is 0 Å². The van der Waals surface area contributed by atoms with Gasteiger partial charge in [-0.25, -0.2) is 9.59 Å². The Morgan fingerprint density at radius 1 is 1.00 bits per heavy atom. The third-order valence-corrected chi connectivity index (χ3v) is 6.23. The highest BCUT2D eigenvalue weighted by Gasteiger charge is 2.25. The number of esters is 1. The summed E-state index contributed by atoms with van der Waals surface area (Å²) in [5, 5.41) is 2.60. The van der Waals surface area contributed by atoms with Gasteiger partial charge >= 0.3 is 12.1 Å². The zero-order valence-electron chi connectivity index (χ0n) is 25.4. The number of ketones is 2. The molecule has 1 N–H and O–H groups in total. The number of alkyl carbamates (subject to hydrolysis) is 1. The van der Waals surface area contributed by atoms with Crippen LogP contribution in [0.4, 0.5) is 4.79 Å². The first kappa shape index (κ1) is 34.2. The first-order valence-electron chi connectivity index (χ1n) is 14.4. The molecule has 0 aliphatic rings. The van der Waals surface area contributed by atoms with Crippen molar-refractivity contribution in [3.63, 3.8) is 0 Å². The Hall–Kier alpha value is -4.01. The van der Waals surface area contributed by atoms with E-state index in [0.717, 1.165) is 18.4 Å². The van der Waals surface area contributed by atoms with Gasteiger partial charge in [-0.3, -0.25) is 14.4 Å². The number of allylic oxidation sites excluding steroid dienone is 1. The highest BCUT2D eigenvalue weighted by molar-refractivity contribution is 5.89. The van der Waals surface area contributed by atoms with E-state index in [1.165, 1.54) is 16.8 Å². The second-order valence-corrected chi connectivity index (χ2v) is 11.7. The van der Waals surface area contributed by atoms with Gasteiger partial charge in [-0.15, -0.1) is 0 Å². The van der Waals surface area contributed by atoms with Crippen LogP contribution in [-0.2, 0) is 43.4 Å². The Balaban J connectivity index is 2.04. The number of nitrogens with one attached hydrogen (secondary N) is 1. The van der Waals surface area contributed by atoms with Crippen molar-refractivity contribution in [3.8, 4) is 0 Å². The van der Waals surface area contributed by atoms with Crippen LogP contribution >= 0.6 is 0 Å². The maximum absolute atomic E-state index is 13.3. The summed E-state index contributed by atoms with van der Waals surface area (Å²) in [6, 6.07) is 11.5. The number of pyridine rings is 1. The molecule has 1 heterocycles. The lowest BCUT2D eigenvalue weighted by atomic mass is 10.0. The van der Waals surface area contributed by atoms with Crippen LogP contribution in [0, 0.1) is 5.92 Å². The Kier molecular flexibility index (Phi) is 13.9. The Morgan fingerprint density at radius 3 is 2.38 bits per heavy atom. The van der Waals surface area contributed by atoms with Crippen molar-refractivity contribution in [2.24, 2.45) is 5.92 Å². The molecule has 0 saturated heterocycles. The van der Waals surface area contributed by atoms with Crippen LogP contribution in [0.3, 0.4) is 0 Å². The van der Waals surface area contributed by atoms with E-state index in [1.807, 2.05) is 30.3 Å². The van der Waals surface area contributed by atoms with Gasteiger partial charge in [-0.05, 0) is 57.6 Å². The minimum Gasteiger partial charge on any atom is -0.458 e. The van der Waals surface area contributed by atoms with E-state index >= 15 is 0 Å². The average molecular weight is 581 g/mol. The molecular weight excluding hydrogens is 536 g/mol. The molecule has 0 bridgehead atoms. The van der Waals surface area contributed by atoms with Crippen LogP contribution < -0.4 is 10.9 Å². The first-order valence-corrected chi connectivity index (χ1v) is 14.4. The fourth-order valence-corrected chi connectivity index (χ4v) is 4.12. The highest BCUT2D eigenvalue weighted by Crippen LogP contribution is 2.11. The van der Waals surface area contributed by atoms with Crippen molar-refractivity contribution in [1.29, 1.82) is 0 Å². The number of amides is 1. The molecule has 2 rings (SSSR count). The predicted molar refractivity (Wildman–Crippen MR) is 161 cm³/mol. The van der Waals surface area contributed by atoms with Crippen LogP contribution in [0.1, 0.15) is 77.8 Å². The largest absolute Gasteiger partial charge is 0.458 e. The number of Topliss-reactive ketones (excluding diaryl/α,β-unsaturated/α-hetero) is 2. The molecule has 228 valence electrons. The molecule has 0 unspecified atom stereocenters. The van der Waals surface area contributed by atoms with Crippen LogP contribution in [-0.4, -0.2) is 39.8 Å². The van der Waals surface area contributed by atoms with E-state index in [9.17, 15) is 24.0 Å². The summed E-state index contributed by atoms with van der Waals surface area (Å²) < 4.78 is 11.9. The van der Waals surface area contributed by atoms with Gasteiger partial charge < -0.3 is 19.4 Å². The SMILES string of the molecule is CC(C)CCCC(=O)Cn1cccc(CC(=O)[C@H](CC/C=C/C(=O)OCc2ccccc2)NC(=O)OC(C)(C)C)c1=O. The lowest BCUT2D eigenvalue weighted by molar-refractivity contribution is -0.139. The number of carbonyl (C=O) groups excluding carboxylic acids is 4. The van der Waals surface area contributed by atoms with Crippen LogP contribution in [0.25, 0.3) is 0 Å². The third-order valence-electron chi connectivity index (χ3n) is 6.23. The number of nitrogens with zero attached hydrogens (tertiary/aromatic N) is 1. The van der Waals surface area contributed by atoms with Gasteiger partial charge in [0.15, 0.2) is 11.6 Å². The molecular formula is C33H44N2O7. The Morgan fingerprint density at radius 2 is 1.71 bits per heavy atom. The Labute approximate surface area is 248 Å². The fraction of sp³-hybridized carbons (Fsp3) is 0.485. The number of rotatable bonds is 16. The normalized spacial score (nSPS) is 12.2. The molecule has 9 heteroatoms. The van der Waals surface area contributed by atoms with Gasteiger partial charge in [0.05, 0.1) is 12.6 Å². The van der Waals surface area contributed by atoms with E-state index < -0.39 is 29.3 Å². The van der Waals surface area contributed by atoms with Crippen LogP contribution in [0.2, 0.25) is 0 Å². The van der Waals surface area contributed by atoms with Crippen molar-refractivity contribution < 1.29 is 28.7 Å². The monoisotopic (exact) mass is 580 g/mol. The first-order chi connectivity index (χ1) is 19.8. The van der Waals surface area contributed by atoms with Crippen molar-refractivity contribution >= 4 is 23.6 Å². The number of ether oxygens (including phenoxy) is 2. The maximum Gasteiger partial charge on any atom is 0.408 e.